The Bertz CT molecular complexity index is 884. The fourth-order valence-corrected chi connectivity index (χ4v) is 3.91. The normalized spacial score (nSPS) is 15.9. The lowest BCUT2D eigenvalue weighted by Gasteiger charge is -2.29. The number of hydrogen-bond acceptors (Lipinski definition) is 4. The molecular formula is C26H34N2O2. The Hall–Kier alpha value is -2.75. The zero-order valence-corrected chi connectivity index (χ0v) is 18.7. The number of aliphatic hydroxyl groups is 1. The van der Waals surface area contributed by atoms with Crippen molar-refractivity contribution in [1.82, 2.24) is 0 Å². The number of Topliss-reactive ketones (excluding diaryl/α,β-unsaturated/α-hetero) is 1. The molecule has 1 N–H and O–H groups in total. The molecule has 0 aromatic heterocycles. The lowest BCUT2D eigenvalue weighted by molar-refractivity contribution is -0.116. The average Bonchev–Trinajstić information content (AvgIpc) is 2.77. The molecule has 1 aliphatic rings. The summed E-state index contributed by atoms with van der Waals surface area (Å²) in [7, 11) is 4.16. The average molecular weight is 407 g/mol. The molecule has 0 amide bonds. The Morgan fingerprint density at radius 2 is 1.27 bits per heavy atom. The van der Waals surface area contributed by atoms with Gasteiger partial charge in [0.2, 0.25) is 0 Å². The van der Waals surface area contributed by atoms with Crippen LogP contribution in [0.15, 0.2) is 54.3 Å². The maximum absolute atomic E-state index is 12.9. The van der Waals surface area contributed by atoms with Gasteiger partial charge in [-0.3, -0.25) is 4.79 Å². The van der Waals surface area contributed by atoms with E-state index in [2.05, 4.69) is 37.7 Å². The zero-order valence-electron chi connectivity index (χ0n) is 18.7. The minimum absolute atomic E-state index is 0.00771. The highest BCUT2D eigenvalue weighted by molar-refractivity contribution is 6.31. The van der Waals surface area contributed by atoms with Crippen LogP contribution in [0.2, 0.25) is 0 Å². The molecule has 0 saturated carbocycles. The molecule has 0 heterocycles. The van der Waals surface area contributed by atoms with Crippen molar-refractivity contribution in [1.29, 1.82) is 0 Å². The molecule has 160 valence electrons. The molecule has 4 nitrogen and oxygen atoms in total. The number of rotatable bonds is 10. The summed E-state index contributed by atoms with van der Waals surface area (Å²) < 4.78 is 0. The van der Waals surface area contributed by atoms with Crippen molar-refractivity contribution in [2.45, 2.75) is 45.4 Å². The van der Waals surface area contributed by atoms with Crippen molar-refractivity contribution in [3.63, 3.8) is 0 Å². The number of anilines is 2. The van der Waals surface area contributed by atoms with Gasteiger partial charge in [-0.1, -0.05) is 51.0 Å². The van der Waals surface area contributed by atoms with Gasteiger partial charge >= 0.3 is 0 Å². The van der Waals surface area contributed by atoms with Gasteiger partial charge in [0.25, 0.3) is 0 Å². The van der Waals surface area contributed by atoms with Gasteiger partial charge < -0.3 is 14.9 Å². The van der Waals surface area contributed by atoms with Crippen LogP contribution in [0.3, 0.4) is 0 Å². The first-order chi connectivity index (χ1) is 14.5. The molecule has 3 rings (SSSR count). The molecule has 0 aliphatic heterocycles. The maximum Gasteiger partial charge on any atom is 0.181 e. The highest BCUT2D eigenvalue weighted by Gasteiger charge is 2.41. The molecule has 2 aromatic carbocycles. The van der Waals surface area contributed by atoms with Crippen LogP contribution in [0.5, 0.6) is 0 Å². The first kappa shape index (κ1) is 21.9. The van der Waals surface area contributed by atoms with E-state index in [1.54, 1.807) is 0 Å². The second kappa shape index (κ2) is 9.84. The number of ketones is 1. The summed E-state index contributed by atoms with van der Waals surface area (Å²) >= 11 is 0. The van der Waals surface area contributed by atoms with Gasteiger partial charge in [0.05, 0.1) is 5.57 Å². The standard InChI is InChI=1S/C26H34N2O2/c1-5-7-17-27(3)21-13-9-19(10-14-21)23-25(29)24(26(23)30)20-11-15-22(16-12-20)28(4)18-8-6-2/h9-16,23,29H,5-8,17-18H2,1-4H3. The van der Waals surface area contributed by atoms with E-state index in [9.17, 15) is 9.90 Å². The Morgan fingerprint density at radius 1 is 0.800 bits per heavy atom. The van der Waals surface area contributed by atoms with Gasteiger partial charge in [-0.2, -0.15) is 0 Å². The van der Waals surface area contributed by atoms with E-state index in [0.29, 0.717) is 5.57 Å². The smallest absolute Gasteiger partial charge is 0.181 e. The predicted octanol–water partition coefficient (Wildman–Crippen LogP) is 5.79. The third-order valence-electron chi connectivity index (χ3n) is 6.00. The number of carbonyl (C=O) groups excluding carboxylic acids is 1. The van der Waals surface area contributed by atoms with Crippen LogP contribution in [0.1, 0.15) is 56.6 Å². The van der Waals surface area contributed by atoms with Crippen LogP contribution in [0.4, 0.5) is 11.4 Å². The number of allylic oxidation sites excluding steroid dienone is 2. The molecule has 1 atom stereocenters. The quantitative estimate of drug-likeness (QED) is 0.542. The van der Waals surface area contributed by atoms with E-state index in [1.807, 2.05) is 48.5 Å². The van der Waals surface area contributed by atoms with E-state index in [0.717, 1.165) is 61.3 Å². The van der Waals surface area contributed by atoms with Crippen LogP contribution in [0.25, 0.3) is 5.57 Å². The first-order valence-electron chi connectivity index (χ1n) is 11.1. The Labute approximate surface area is 180 Å². The van der Waals surface area contributed by atoms with Gasteiger partial charge in [0, 0.05) is 38.6 Å². The zero-order chi connectivity index (χ0) is 21.7. The van der Waals surface area contributed by atoms with E-state index in [-0.39, 0.29) is 11.5 Å². The first-order valence-corrected chi connectivity index (χ1v) is 11.1. The van der Waals surface area contributed by atoms with Gasteiger partial charge in [0.1, 0.15) is 11.7 Å². The molecule has 0 fully saturated rings. The third kappa shape index (κ3) is 4.53. The largest absolute Gasteiger partial charge is 0.510 e. The topological polar surface area (TPSA) is 43.8 Å². The molecule has 0 saturated heterocycles. The van der Waals surface area contributed by atoms with Gasteiger partial charge in [0.15, 0.2) is 5.78 Å². The summed E-state index contributed by atoms with van der Waals surface area (Å²) in [6.45, 7) is 6.39. The Kier molecular flexibility index (Phi) is 7.20. The van der Waals surface area contributed by atoms with Crippen molar-refractivity contribution in [3.8, 4) is 0 Å². The molecular weight excluding hydrogens is 372 g/mol. The lowest BCUT2D eigenvalue weighted by Crippen LogP contribution is -2.28. The Morgan fingerprint density at radius 3 is 1.70 bits per heavy atom. The summed E-state index contributed by atoms with van der Waals surface area (Å²) in [4.78, 5) is 17.3. The monoisotopic (exact) mass is 406 g/mol. The van der Waals surface area contributed by atoms with Crippen LogP contribution in [-0.2, 0) is 4.79 Å². The van der Waals surface area contributed by atoms with E-state index in [4.69, 9.17) is 0 Å². The van der Waals surface area contributed by atoms with E-state index < -0.39 is 5.92 Å². The number of aliphatic hydroxyl groups excluding tert-OH is 1. The third-order valence-corrected chi connectivity index (χ3v) is 6.00. The predicted molar refractivity (Wildman–Crippen MR) is 127 cm³/mol. The summed E-state index contributed by atoms with van der Waals surface area (Å²) in [6, 6.07) is 15.9. The van der Waals surface area contributed by atoms with Crippen molar-refractivity contribution in [2.75, 3.05) is 37.0 Å². The fourth-order valence-electron chi connectivity index (χ4n) is 3.91. The second-order valence-electron chi connectivity index (χ2n) is 8.25. The second-order valence-corrected chi connectivity index (χ2v) is 8.25. The summed E-state index contributed by atoms with van der Waals surface area (Å²) in [5.41, 5.74) is 4.35. The molecule has 0 spiro atoms. The lowest BCUT2D eigenvalue weighted by atomic mass is 9.75. The van der Waals surface area contributed by atoms with Gasteiger partial charge in [-0.25, -0.2) is 0 Å². The van der Waals surface area contributed by atoms with Crippen molar-refractivity contribution < 1.29 is 9.90 Å². The molecule has 1 aliphatic carbocycles. The molecule has 1 unspecified atom stereocenters. The van der Waals surface area contributed by atoms with Gasteiger partial charge in [-0.05, 0) is 48.2 Å². The molecule has 30 heavy (non-hydrogen) atoms. The number of nitrogens with zero attached hydrogens (tertiary/aromatic N) is 2. The van der Waals surface area contributed by atoms with E-state index >= 15 is 0 Å². The summed E-state index contributed by atoms with van der Waals surface area (Å²) in [5.74, 6) is -0.368. The summed E-state index contributed by atoms with van der Waals surface area (Å²) in [5, 5.41) is 10.7. The van der Waals surface area contributed by atoms with Crippen LogP contribution >= 0.6 is 0 Å². The molecule has 4 heteroatoms. The number of benzene rings is 2. The Balaban J connectivity index is 1.72. The minimum atomic E-state index is -0.540. The molecule has 2 aromatic rings. The van der Waals surface area contributed by atoms with Crippen molar-refractivity contribution >= 4 is 22.7 Å². The number of unbranched alkanes of at least 4 members (excludes halogenated alkanes) is 2. The molecule has 0 radical (unpaired) electrons. The van der Waals surface area contributed by atoms with Gasteiger partial charge in [-0.15, -0.1) is 0 Å². The van der Waals surface area contributed by atoms with Crippen molar-refractivity contribution in [2.24, 2.45) is 0 Å². The minimum Gasteiger partial charge on any atom is -0.510 e. The van der Waals surface area contributed by atoms with Crippen LogP contribution in [0, 0.1) is 0 Å². The summed E-state index contributed by atoms with van der Waals surface area (Å²) in [6.07, 6.45) is 4.63. The molecule has 0 bridgehead atoms. The van der Waals surface area contributed by atoms with Crippen LogP contribution in [-0.4, -0.2) is 38.1 Å². The highest BCUT2D eigenvalue weighted by atomic mass is 16.3. The highest BCUT2D eigenvalue weighted by Crippen LogP contribution is 2.43. The van der Waals surface area contributed by atoms with E-state index in [1.165, 1.54) is 0 Å². The fraction of sp³-hybridized carbons (Fsp3) is 0.423. The number of carbonyl (C=O) groups is 1. The number of hydrogen-bond donors (Lipinski definition) is 1. The van der Waals surface area contributed by atoms with Crippen molar-refractivity contribution in [3.05, 3.63) is 65.4 Å². The van der Waals surface area contributed by atoms with Crippen LogP contribution < -0.4 is 9.80 Å². The maximum atomic E-state index is 12.9. The SMILES string of the molecule is CCCCN(C)c1ccc(C2=C(O)C(c3ccc(N(C)CCCC)cc3)C2=O)cc1.